The lowest BCUT2D eigenvalue weighted by Gasteiger charge is -2.24. The first kappa shape index (κ1) is 19.5. The fourth-order valence-electron chi connectivity index (χ4n) is 3.79. The van der Waals surface area contributed by atoms with Gasteiger partial charge in [0.25, 0.3) is 0 Å². The van der Waals surface area contributed by atoms with Gasteiger partial charge in [-0.05, 0) is 28.5 Å². The fourth-order valence-corrected chi connectivity index (χ4v) is 3.79. The van der Waals surface area contributed by atoms with E-state index in [2.05, 4.69) is 5.32 Å². The maximum atomic E-state index is 13.0. The predicted molar refractivity (Wildman–Crippen MR) is 119 cm³/mol. The molecule has 0 aliphatic heterocycles. The molecule has 1 atom stereocenters. The van der Waals surface area contributed by atoms with Crippen molar-refractivity contribution in [2.75, 3.05) is 7.11 Å². The number of para-hydroxylation sites is 1. The normalized spacial score (nSPS) is 11.8. The average molecular weight is 397 g/mol. The second-order valence-electron chi connectivity index (χ2n) is 7.12. The van der Waals surface area contributed by atoms with E-state index in [1.807, 2.05) is 84.9 Å². The van der Waals surface area contributed by atoms with E-state index in [1.165, 1.54) is 0 Å². The van der Waals surface area contributed by atoms with Crippen LogP contribution in [0.2, 0.25) is 0 Å². The second kappa shape index (κ2) is 8.70. The molecule has 0 aliphatic carbocycles. The summed E-state index contributed by atoms with van der Waals surface area (Å²) in [4.78, 5) is 13.0. The highest BCUT2D eigenvalue weighted by Gasteiger charge is 2.25. The summed E-state index contributed by atoms with van der Waals surface area (Å²) in [6, 6.07) is 27.9. The van der Waals surface area contributed by atoms with Crippen LogP contribution in [0.15, 0.2) is 91.0 Å². The minimum absolute atomic E-state index is 0.129. The number of benzene rings is 4. The Morgan fingerprint density at radius 2 is 1.60 bits per heavy atom. The molecule has 4 nitrogen and oxygen atoms in total. The maximum Gasteiger partial charge on any atom is 0.225 e. The SMILES string of the molecule is COc1ccccc1[C@H](NC(=O)Cc1ccccc1)c1c(O)ccc2ccccc12. The van der Waals surface area contributed by atoms with Gasteiger partial charge >= 0.3 is 0 Å². The second-order valence-corrected chi connectivity index (χ2v) is 7.12. The van der Waals surface area contributed by atoms with Gasteiger partial charge in [0.15, 0.2) is 0 Å². The number of aromatic hydroxyl groups is 1. The molecule has 4 aromatic carbocycles. The number of carbonyl (C=O) groups is 1. The van der Waals surface area contributed by atoms with Crippen LogP contribution in [0.1, 0.15) is 22.7 Å². The topological polar surface area (TPSA) is 58.6 Å². The van der Waals surface area contributed by atoms with Gasteiger partial charge in [-0.15, -0.1) is 0 Å². The van der Waals surface area contributed by atoms with Crippen LogP contribution in [0, 0.1) is 0 Å². The number of rotatable bonds is 6. The summed E-state index contributed by atoms with van der Waals surface area (Å²) < 4.78 is 5.57. The van der Waals surface area contributed by atoms with Crippen molar-refractivity contribution < 1.29 is 14.6 Å². The fraction of sp³-hybridized carbons (Fsp3) is 0.115. The monoisotopic (exact) mass is 397 g/mol. The highest BCUT2D eigenvalue weighted by atomic mass is 16.5. The summed E-state index contributed by atoms with van der Waals surface area (Å²) in [6.07, 6.45) is 0.248. The Labute approximate surface area is 175 Å². The van der Waals surface area contributed by atoms with Crippen molar-refractivity contribution >= 4 is 16.7 Å². The lowest BCUT2D eigenvalue weighted by Crippen LogP contribution is -2.31. The predicted octanol–water partition coefficient (Wildman–Crippen LogP) is 5.00. The van der Waals surface area contributed by atoms with Gasteiger partial charge in [0.05, 0.1) is 19.6 Å². The molecule has 2 N–H and O–H groups in total. The molecule has 0 saturated heterocycles. The number of carbonyl (C=O) groups excluding carboxylic acids is 1. The van der Waals surface area contributed by atoms with Crippen LogP contribution >= 0.6 is 0 Å². The van der Waals surface area contributed by atoms with Gasteiger partial charge in [0, 0.05) is 11.1 Å². The van der Waals surface area contributed by atoms with Crippen molar-refractivity contribution in [3.05, 3.63) is 108 Å². The van der Waals surface area contributed by atoms with Crippen molar-refractivity contribution in [1.82, 2.24) is 5.32 Å². The summed E-state index contributed by atoms with van der Waals surface area (Å²) in [5.41, 5.74) is 2.36. The van der Waals surface area contributed by atoms with Crippen molar-refractivity contribution in [1.29, 1.82) is 0 Å². The first-order valence-electron chi connectivity index (χ1n) is 9.84. The van der Waals surface area contributed by atoms with E-state index in [9.17, 15) is 9.90 Å². The molecule has 0 saturated carbocycles. The summed E-state index contributed by atoms with van der Waals surface area (Å²) in [6.45, 7) is 0. The Balaban J connectivity index is 1.81. The molecule has 4 aromatic rings. The number of hydrogen-bond donors (Lipinski definition) is 2. The molecular weight excluding hydrogens is 374 g/mol. The number of hydrogen-bond acceptors (Lipinski definition) is 3. The van der Waals surface area contributed by atoms with Crippen molar-refractivity contribution in [3.63, 3.8) is 0 Å². The summed E-state index contributed by atoms with van der Waals surface area (Å²) in [5.74, 6) is 0.643. The van der Waals surface area contributed by atoms with Crippen molar-refractivity contribution in [3.8, 4) is 11.5 Å². The highest BCUT2D eigenvalue weighted by Crippen LogP contribution is 2.38. The van der Waals surface area contributed by atoms with Gasteiger partial charge in [0.2, 0.25) is 5.91 Å². The number of phenolic OH excluding ortho intramolecular Hbond substituents is 1. The minimum Gasteiger partial charge on any atom is -0.508 e. The van der Waals surface area contributed by atoms with Crippen LogP contribution in [0.25, 0.3) is 10.8 Å². The van der Waals surface area contributed by atoms with Gasteiger partial charge in [-0.3, -0.25) is 4.79 Å². The molecule has 0 aliphatic rings. The van der Waals surface area contributed by atoms with Crippen molar-refractivity contribution in [2.45, 2.75) is 12.5 Å². The largest absolute Gasteiger partial charge is 0.508 e. The third-order valence-corrected chi connectivity index (χ3v) is 5.20. The zero-order valence-electron chi connectivity index (χ0n) is 16.7. The van der Waals surface area contributed by atoms with Crippen LogP contribution in [0.3, 0.4) is 0 Å². The van der Waals surface area contributed by atoms with E-state index in [4.69, 9.17) is 4.74 Å². The molecule has 150 valence electrons. The Kier molecular flexibility index (Phi) is 5.66. The average Bonchev–Trinajstić information content (AvgIpc) is 2.78. The molecule has 0 aromatic heterocycles. The van der Waals surface area contributed by atoms with Crippen LogP contribution in [0.5, 0.6) is 11.5 Å². The Morgan fingerprint density at radius 3 is 2.40 bits per heavy atom. The molecule has 30 heavy (non-hydrogen) atoms. The first-order valence-corrected chi connectivity index (χ1v) is 9.84. The van der Waals surface area contributed by atoms with E-state index in [0.717, 1.165) is 21.9 Å². The lowest BCUT2D eigenvalue weighted by atomic mass is 9.92. The smallest absolute Gasteiger partial charge is 0.225 e. The number of phenols is 1. The van der Waals surface area contributed by atoms with Gasteiger partial charge in [-0.25, -0.2) is 0 Å². The molecule has 0 radical (unpaired) electrons. The van der Waals surface area contributed by atoms with E-state index >= 15 is 0 Å². The molecule has 4 heteroatoms. The zero-order chi connectivity index (χ0) is 20.9. The number of fused-ring (bicyclic) bond motifs is 1. The quantitative estimate of drug-likeness (QED) is 0.481. The van der Waals surface area contributed by atoms with E-state index in [0.29, 0.717) is 11.3 Å². The zero-order valence-corrected chi connectivity index (χ0v) is 16.7. The molecular formula is C26H23NO3. The molecule has 0 fully saturated rings. The van der Waals surface area contributed by atoms with Crippen LogP contribution in [0.4, 0.5) is 0 Å². The molecule has 0 spiro atoms. The highest BCUT2D eigenvalue weighted by molar-refractivity contribution is 5.90. The molecule has 0 unspecified atom stereocenters. The number of nitrogens with one attached hydrogen (secondary N) is 1. The number of methoxy groups -OCH3 is 1. The minimum atomic E-state index is -0.566. The van der Waals surface area contributed by atoms with E-state index < -0.39 is 6.04 Å². The van der Waals surface area contributed by atoms with Gasteiger partial charge < -0.3 is 15.2 Å². The molecule has 0 heterocycles. The third-order valence-electron chi connectivity index (χ3n) is 5.20. The third kappa shape index (κ3) is 3.98. The Hall–Kier alpha value is -3.79. The Bertz CT molecular complexity index is 1170. The molecule has 1 amide bonds. The molecule has 0 bridgehead atoms. The Morgan fingerprint density at radius 1 is 0.900 bits per heavy atom. The summed E-state index contributed by atoms with van der Waals surface area (Å²) >= 11 is 0. The van der Waals surface area contributed by atoms with Gasteiger partial charge in [-0.2, -0.15) is 0 Å². The van der Waals surface area contributed by atoms with Gasteiger partial charge in [0.1, 0.15) is 11.5 Å². The van der Waals surface area contributed by atoms with Crippen molar-refractivity contribution in [2.24, 2.45) is 0 Å². The van der Waals surface area contributed by atoms with Crippen LogP contribution < -0.4 is 10.1 Å². The van der Waals surface area contributed by atoms with E-state index in [-0.39, 0.29) is 18.1 Å². The maximum absolute atomic E-state index is 13.0. The summed E-state index contributed by atoms with van der Waals surface area (Å²) in [7, 11) is 1.60. The number of ether oxygens (including phenoxy) is 1. The molecule has 4 rings (SSSR count). The lowest BCUT2D eigenvalue weighted by molar-refractivity contribution is -0.120. The van der Waals surface area contributed by atoms with Gasteiger partial charge in [-0.1, -0.05) is 78.9 Å². The van der Waals surface area contributed by atoms with E-state index in [1.54, 1.807) is 13.2 Å². The standard InChI is InChI=1S/C26H23NO3/c1-30-23-14-8-7-13-21(23)26(27-24(29)17-18-9-3-2-4-10-18)25-20-12-6-5-11-19(20)15-16-22(25)28/h2-16,26,28H,17H2,1H3,(H,27,29)/t26-/m0/s1. The number of amides is 1. The summed E-state index contributed by atoms with van der Waals surface area (Å²) in [5, 5.41) is 15.8. The first-order chi connectivity index (χ1) is 14.7. The van der Waals surface area contributed by atoms with Crippen LogP contribution in [-0.4, -0.2) is 18.1 Å². The van der Waals surface area contributed by atoms with Crippen LogP contribution in [-0.2, 0) is 11.2 Å².